The highest BCUT2D eigenvalue weighted by Crippen LogP contribution is 2.13. The van der Waals surface area contributed by atoms with Crippen LogP contribution in [0, 0.1) is 0 Å². The van der Waals surface area contributed by atoms with E-state index >= 15 is 0 Å². The third-order valence-electron chi connectivity index (χ3n) is 1.72. The van der Waals surface area contributed by atoms with Crippen LogP contribution in [0.1, 0.15) is 19.7 Å². The number of carboxylic acids is 1. The molecule has 0 aliphatic heterocycles. The molecule has 11 heteroatoms. The number of anilines is 1. The van der Waals surface area contributed by atoms with Gasteiger partial charge in [0.1, 0.15) is 0 Å². The van der Waals surface area contributed by atoms with Crippen molar-refractivity contribution in [3.8, 4) is 0 Å². The Morgan fingerprint density at radius 2 is 2.11 bits per heavy atom. The zero-order valence-corrected chi connectivity index (χ0v) is 12.2. The molecule has 1 aromatic heterocycles. The van der Waals surface area contributed by atoms with Crippen molar-refractivity contribution in [2.45, 2.75) is 19.4 Å². The van der Waals surface area contributed by atoms with E-state index in [0.29, 0.717) is 0 Å². The minimum Gasteiger partial charge on any atom is -0.478 e. The second-order valence-corrected chi connectivity index (χ2v) is 4.70. The third kappa shape index (κ3) is 4.62. The van der Waals surface area contributed by atoms with Crippen LogP contribution in [0.3, 0.4) is 0 Å². The van der Waals surface area contributed by atoms with E-state index in [4.69, 9.17) is 27.3 Å². The lowest BCUT2D eigenvalue weighted by Gasteiger charge is -2.16. The first-order valence-corrected chi connectivity index (χ1v) is 5.68. The Labute approximate surface area is 123 Å². The zero-order valence-electron chi connectivity index (χ0n) is 9.79. The maximum Gasteiger partial charge on any atom is 0.350 e. The smallest absolute Gasteiger partial charge is 0.350 e. The highest BCUT2D eigenvalue weighted by atomic mass is 35.5. The quantitative estimate of drug-likeness (QED) is 0.466. The Bertz CT molecular complexity index is 517. The van der Waals surface area contributed by atoms with E-state index in [0.717, 1.165) is 11.5 Å². The minimum absolute atomic E-state index is 0. The monoisotopic (exact) mass is 328 g/mol. The van der Waals surface area contributed by atoms with Gasteiger partial charge in [-0.1, -0.05) is 5.16 Å². The molecule has 0 atom stereocenters. The topological polar surface area (TPSA) is 128 Å². The Hall–Kier alpha value is -1.45. The van der Waals surface area contributed by atoms with E-state index < -0.39 is 22.5 Å². The fourth-order valence-electron chi connectivity index (χ4n) is 0.695. The number of nitrogens with two attached hydrogens (primary N) is 1. The van der Waals surface area contributed by atoms with Crippen LogP contribution >= 0.6 is 35.5 Å². The standard InChI is InChI=1S/C8H9ClN4O4S.ClH/c1-8(2,6(15)16)17-12-3(4(9)14)5-11-7(10)18-13-5;/h1-2H3,(H,15,16)(H2,10,11,13);1H. The number of nitrogens with zero attached hydrogens (tertiary/aromatic N) is 3. The summed E-state index contributed by atoms with van der Waals surface area (Å²) in [6.07, 6.45) is 0. The van der Waals surface area contributed by atoms with Gasteiger partial charge in [-0.15, -0.1) is 12.4 Å². The average Bonchev–Trinajstić information content (AvgIpc) is 2.64. The number of nitrogen functional groups attached to an aromatic ring is 1. The van der Waals surface area contributed by atoms with Gasteiger partial charge in [0.2, 0.25) is 17.1 Å². The molecule has 106 valence electrons. The van der Waals surface area contributed by atoms with Crippen molar-refractivity contribution in [1.82, 2.24) is 9.36 Å². The summed E-state index contributed by atoms with van der Waals surface area (Å²) >= 11 is 6.13. The van der Waals surface area contributed by atoms with Gasteiger partial charge in [-0.3, -0.25) is 4.79 Å². The summed E-state index contributed by atoms with van der Waals surface area (Å²) in [7, 11) is 0. The summed E-state index contributed by atoms with van der Waals surface area (Å²) in [4.78, 5) is 30.4. The molecule has 0 fully saturated rings. The van der Waals surface area contributed by atoms with Crippen LogP contribution in [0.5, 0.6) is 0 Å². The van der Waals surface area contributed by atoms with Crippen molar-refractivity contribution in [3.63, 3.8) is 0 Å². The molecule has 19 heavy (non-hydrogen) atoms. The Kier molecular flexibility index (Phi) is 6.13. The van der Waals surface area contributed by atoms with Gasteiger partial charge in [-0.05, 0) is 25.4 Å². The highest BCUT2D eigenvalue weighted by Gasteiger charge is 2.31. The van der Waals surface area contributed by atoms with Gasteiger partial charge >= 0.3 is 5.97 Å². The number of hydrogen-bond acceptors (Lipinski definition) is 8. The van der Waals surface area contributed by atoms with Crippen molar-refractivity contribution in [2.24, 2.45) is 5.16 Å². The number of aromatic nitrogens is 2. The molecule has 1 rings (SSSR count). The fraction of sp³-hybridized carbons (Fsp3) is 0.375. The zero-order chi connectivity index (χ0) is 13.9. The highest BCUT2D eigenvalue weighted by molar-refractivity contribution is 7.09. The molecule has 0 amide bonds. The first-order valence-electron chi connectivity index (χ1n) is 4.53. The predicted molar refractivity (Wildman–Crippen MR) is 71.8 cm³/mol. The van der Waals surface area contributed by atoms with Gasteiger partial charge in [0.25, 0.3) is 5.24 Å². The molecular weight excluding hydrogens is 319 g/mol. The van der Waals surface area contributed by atoms with Crippen molar-refractivity contribution in [2.75, 3.05) is 5.73 Å². The van der Waals surface area contributed by atoms with Gasteiger partial charge in [-0.2, -0.15) is 9.36 Å². The van der Waals surface area contributed by atoms with Crippen molar-refractivity contribution < 1.29 is 19.5 Å². The molecule has 1 aromatic rings. The number of carbonyl (C=O) groups is 2. The summed E-state index contributed by atoms with van der Waals surface area (Å²) in [5.74, 6) is -1.36. The van der Waals surface area contributed by atoms with E-state index in [1.54, 1.807) is 0 Å². The van der Waals surface area contributed by atoms with Crippen LogP contribution in [0.2, 0.25) is 0 Å². The second-order valence-electron chi connectivity index (χ2n) is 3.58. The maximum atomic E-state index is 11.1. The Morgan fingerprint density at radius 1 is 1.53 bits per heavy atom. The van der Waals surface area contributed by atoms with Crippen LogP contribution < -0.4 is 5.73 Å². The minimum atomic E-state index is -1.61. The van der Waals surface area contributed by atoms with Crippen LogP contribution in [-0.2, 0) is 14.4 Å². The average molecular weight is 329 g/mol. The van der Waals surface area contributed by atoms with Gasteiger partial charge in [-0.25, -0.2) is 4.79 Å². The van der Waals surface area contributed by atoms with Crippen LogP contribution in [0.25, 0.3) is 0 Å². The van der Waals surface area contributed by atoms with Gasteiger partial charge < -0.3 is 15.7 Å². The Balaban J connectivity index is 0.00000324. The van der Waals surface area contributed by atoms with E-state index in [9.17, 15) is 9.59 Å². The van der Waals surface area contributed by atoms with Crippen molar-refractivity contribution >= 4 is 57.6 Å². The third-order valence-corrected chi connectivity index (χ3v) is 2.44. The maximum absolute atomic E-state index is 11.1. The molecule has 3 N–H and O–H groups in total. The number of carboxylic acid groups (broad SMARTS) is 1. The van der Waals surface area contributed by atoms with Gasteiger partial charge in [0, 0.05) is 11.5 Å². The molecule has 0 aromatic carbocycles. The van der Waals surface area contributed by atoms with E-state index in [1.165, 1.54) is 13.8 Å². The molecule has 0 aliphatic carbocycles. The molecule has 0 saturated heterocycles. The summed E-state index contributed by atoms with van der Waals surface area (Å²) in [6.45, 7) is 2.52. The van der Waals surface area contributed by atoms with Gasteiger partial charge in [0.05, 0.1) is 0 Å². The lowest BCUT2D eigenvalue weighted by Crippen LogP contribution is -2.33. The van der Waals surface area contributed by atoms with Crippen LogP contribution in [-0.4, -0.2) is 37.0 Å². The molecule has 8 nitrogen and oxygen atoms in total. The summed E-state index contributed by atoms with van der Waals surface area (Å²) in [5, 5.41) is 11.3. The fourth-order valence-corrected chi connectivity index (χ4v) is 1.25. The first kappa shape index (κ1) is 17.6. The lowest BCUT2D eigenvalue weighted by molar-refractivity contribution is -0.161. The van der Waals surface area contributed by atoms with Crippen molar-refractivity contribution in [3.05, 3.63) is 5.82 Å². The number of aliphatic carboxylic acids is 1. The van der Waals surface area contributed by atoms with E-state index in [1.807, 2.05) is 0 Å². The number of halogens is 2. The SMILES string of the molecule is CC(C)(ON=C(C(=O)Cl)c1nsc(N)n1)C(=O)O.Cl. The largest absolute Gasteiger partial charge is 0.478 e. The van der Waals surface area contributed by atoms with E-state index in [-0.39, 0.29) is 23.4 Å². The molecule has 1 heterocycles. The molecule has 0 unspecified atom stereocenters. The molecule has 0 bridgehead atoms. The lowest BCUT2D eigenvalue weighted by atomic mass is 10.1. The molecular formula is C8H10Cl2N4O4S. The van der Waals surface area contributed by atoms with Gasteiger partial charge in [0.15, 0.2) is 5.13 Å². The number of oxime groups is 1. The first-order chi connectivity index (χ1) is 8.24. The molecule has 0 saturated carbocycles. The number of hydrogen-bond donors (Lipinski definition) is 2. The summed E-state index contributed by atoms with van der Waals surface area (Å²) < 4.78 is 3.72. The van der Waals surface area contributed by atoms with Crippen LogP contribution in [0.4, 0.5) is 5.13 Å². The number of carbonyl (C=O) groups excluding carboxylic acids is 1. The van der Waals surface area contributed by atoms with Crippen molar-refractivity contribution in [1.29, 1.82) is 0 Å². The Morgan fingerprint density at radius 3 is 2.47 bits per heavy atom. The predicted octanol–water partition coefficient (Wildman–Crippen LogP) is 0.891. The molecule has 0 spiro atoms. The summed E-state index contributed by atoms with van der Waals surface area (Å²) in [6, 6.07) is 0. The normalized spacial score (nSPS) is 11.6. The van der Waals surface area contributed by atoms with E-state index in [2.05, 4.69) is 14.5 Å². The molecule has 0 radical (unpaired) electrons. The van der Waals surface area contributed by atoms with Crippen LogP contribution in [0.15, 0.2) is 5.16 Å². The molecule has 0 aliphatic rings. The summed E-state index contributed by atoms with van der Waals surface area (Å²) in [5.41, 5.74) is 3.33. The second kappa shape index (κ2) is 6.64. The number of rotatable bonds is 5.